The number of anilines is 1. The molecule has 0 saturated heterocycles. The van der Waals surface area contributed by atoms with E-state index < -0.39 is 4.75 Å². The van der Waals surface area contributed by atoms with Crippen molar-refractivity contribution in [2.45, 2.75) is 50.2 Å². The number of aliphatic imine (C=N–C) groups is 1. The second-order valence-electron chi connectivity index (χ2n) is 8.43. The standard InChI is InChI=1S/C21H27BrN2OS/c1-21(8-9-24(2)18-5-3-4-17(22)13-18)20(25)23-19(26-21)12-16-11-14-6-7-15(16)10-14/h3-5,13-16H,6-12H2,1-2H3. The number of fused-ring (bicyclic) bond motifs is 2. The molecule has 1 aromatic carbocycles. The van der Waals surface area contributed by atoms with E-state index in [-0.39, 0.29) is 5.91 Å². The minimum atomic E-state index is -0.396. The zero-order valence-electron chi connectivity index (χ0n) is 15.6. The molecule has 4 unspecified atom stereocenters. The van der Waals surface area contributed by atoms with Crippen LogP contribution in [0.5, 0.6) is 0 Å². The van der Waals surface area contributed by atoms with Gasteiger partial charge in [-0.05, 0) is 75.0 Å². The van der Waals surface area contributed by atoms with E-state index in [2.05, 4.69) is 51.9 Å². The third kappa shape index (κ3) is 3.75. The average molecular weight is 435 g/mol. The second-order valence-corrected chi connectivity index (χ2v) is 10.9. The lowest BCUT2D eigenvalue weighted by molar-refractivity contribution is -0.119. The molecule has 3 nitrogen and oxygen atoms in total. The van der Waals surface area contributed by atoms with E-state index in [1.807, 2.05) is 12.1 Å². The molecule has 0 N–H and O–H groups in total. The summed E-state index contributed by atoms with van der Waals surface area (Å²) >= 11 is 5.27. The maximum absolute atomic E-state index is 12.6. The molecule has 0 radical (unpaired) electrons. The fourth-order valence-electron chi connectivity index (χ4n) is 4.88. The summed E-state index contributed by atoms with van der Waals surface area (Å²) in [6.45, 7) is 2.93. The molecule has 2 bridgehead atoms. The Morgan fingerprint density at radius 2 is 2.19 bits per heavy atom. The molecule has 140 valence electrons. The van der Waals surface area contributed by atoms with Gasteiger partial charge in [-0.1, -0.05) is 40.2 Å². The number of carbonyl (C=O) groups excluding carboxylic acids is 1. The van der Waals surface area contributed by atoms with Gasteiger partial charge < -0.3 is 4.90 Å². The van der Waals surface area contributed by atoms with E-state index in [4.69, 9.17) is 0 Å². The minimum Gasteiger partial charge on any atom is -0.374 e. The molecular weight excluding hydrogens is 408 g/mol. The molecule has 1 amide bonds. The first-order valence-corrected chi connectivity index (χ1v) is 11.3. The summed E-state index contributed by atoms with van der Waals surface area (Å²) in [4.78, 5) is 19.3. The van der Waals surface area contributed by atoms with Crippen molar-refractivity contribution in [2.75, 3.05) is 18.5 Å². The van der Waals surface area contributed by atoms with Gasteiger partial charge in [-0.15, -0.1) is 0 Å². The van der Waals surface area contributed by atoms with E-state index in [0.29, 0.717) is 0 Å². The highest BCUT2D eigenvalue weighted by Crippen LogP contribution is 2.51. The summed E-state index contributed by atoms with van der Waals surface area (Å²) in [6, 6.07) is 8.30. The number of halogens is 1. The summed E-state index contributed by atoms with van der Waals surface area (Å²) < 4.78 is 0.684. The van der Waals surface area contributed by atoms with E-state index in [1.54, 1.807) is 11.8 Å². The lowest BCUT2D eigenvalue weighted by Crippen LogP contribution is -2.32. The monoisotopic (exact) mass is 434 g/mol. The van der Waals surface area contributed by atoms with Gasteiger partial charge in [0.15, 0.2) is 0 Å². The Morgan fingerprint density at radius 3 is 2.88 bits per heavy atom. The van der Waals surface area contributed by atoms with Crippen LogP contribution in [-0.2, 0) is 4.79 Å². The number of carbonyl (C=O) groups is 1. The number of amides is 1. The zero-order chi connectivity index (χ0) is 18.3. The van der Waals surface area contributed by atoms with Crippen molar-refractivity contribution >= 4 is 44.3 Å². The molecule has 5 heteroatoms. The van der Waals surface area contributed by atoms with Crippen LogP contribution >= 0.6 is 27.7 Å². The second kappa shape index (κ2) is 7.31. The van der Waals surface area contributed by atoms with Gasteiger partial charge in [-0.25, -0.2) is 4.99 Å². The molecule has 2 fully saturated rings. The van der Waals surface area contributed by atoms with Crippen LogP contribution in [-0.4, -0.2) is 29.3 Å². The van der Waals surface area contributed by atoms with Crippen LogP contribution in [0.3, 0.4) is 0 Å². The molecule has 1 aliphatic heterocycles. The molecule has 4 rings (SSSR count). The van der Waals surface area contributed by atoms with E-state index in [1.165, 1.54) is 31.4 Å². The van der Waals surface area contributed by atoms with Gasteiger partial charge >= 0.3 is 0 Å². The maximum atomic E-state index is 12.6. The Hall–Kier alpha value is -0.810. The van der Waals surface area contributed by atoms with E-state index in [9.17, 15) is 4.79 Å². The highest BCUT2D eigenvalue weighted by atomic mass is 79.9. The fourth-order valence-corrected chi connectivity index (χ4v) is 6.54. The quantitative estimate of drug-likeness (QED) is 0.589. The molecule has 26 heavy (non-hydrogen) atoms. The molecular formula is C21H27BrN2OS. The summed E-state index contributed by atoms with van der Waals surface area (Å²) in [6.07, 6.45) is 7.47. The average Bonchev–Trinajstić information content (AvgIpc) is 3.29. The Kier molecular flexibility index (Phi) is 5.21. The molecule has 2 saturated carbocycles. The van der Waals surface area contributed by atoms with Crippen LogP contribution < -0.4 is 4.90 Å². The van der Waals surface area contributed by atoms with Crippen molar-refractivity contribution in [2.24, 2.45) is 22.7 Å². The SMILES string of the molecule is CN(CCC1(C)SC(CC2CC3CCC2C3)=NC1=O)c1cccc(Br)c1. The number of thioether (sulfide) groups is 1. The normalized spacial score (nSPS) is 33.0. The first-order chi connectivity index (χ1) is 12.4. The predicted octanol–water partition coefficient (Wildman–Crippen LogP) is 5.53. The van der Waals surface area contributed by atoms with E-state index in [0.717, 1.165) is 46.7 Å². The Morgan fingerprint density at radius 1 is 1.35 bits per heavy atom. The lowest BCUT2D eigenvalue weighted by Gasteiger charge is -2.26. The van der Waals surface area contributed by atoms with Crippen LogP contribution in [0.25, 0.3) is 0 Å². The third-order valence-corrected chi connectivity index (χ3v) is 8.33. The van der Waals surface area contributed by atoms with Gasteiger partial charge in [0.2, 0.25) is 0 Å². The smallest absolute Gasteiger partial charge is 0.262 e. The van der Waals surface area contributed by atoms with Gasteiger partial charge in [0.1, 0.15) is 4.75 Å². The van der Waals surface area contributed by atoms with Gasteiger partial charge in [-0.3, -0.25) is 4.79 Å². The first-order valence-electron chi connectivity index (χ1n) is 9.71. The molecule has 0 spiro atoms. The summed E-state index contributed by atoms with van der Waals surface area (Å²) in [5, 5.41) is 1.10. The van der Waals surface area contributed by atoms with Crippen LogP contribution in [0.4, 0.5) is 5.69 Å². The lowest BCUT2D eigenvalue weighted by atomic mass is 9.87. The molecule has 4 atom stereocenters. The molecule has 3 aliphatic rings. The number of hydrogen-bond acceptors (Lipinski definition) is 3. The van der Waals surface area contributed by atoms with Crippen molar-refractivity contribution < 1.29 is 4.79 Å². The van der Waals surface area contributed by atoms with Crippen LogP contribution in [0, 0.1) is 17.8 Å². The molecule has 1 aromatic rings. The Balaban J connectivity index is 1.33. The number of benzene rings is 1. The molecule has 1 heterocycles. The van der Waals surface area contributed by atoms with Crippen LogP contribution in [0.2, 0.25) is 0 Å². The van der Waals surface area contributed by atoms with Crippen molar-refractivity contribution in [1.29, 1.82) is 0 Å². The minimum absolute atomic E-state index is 0.0725. The van der Waals surface area contributed by atoms with Crippen molar-refractivity contribution in [1.82, 2.24) is 0 Å². The molecule has 2 aliphatic carbocycles. The summed E-state index contributed by atoms with van der Waals surface area (Å²) in [7, 11) is 2.09. The largest absolute Gasteiger partial charge is 0.374 e. The van der Waals surface area contributed by atoms with E-state index >= 15 is 0 Å². The Labute approximate surface area is 169 Å². The fraction of sp³-hybridized carbons (Fsp3) is 0.619. The van der Waals surface area contributed by atoms with Crippen molar-refractivity contribution in [3.8, 4) is 0 Å². The third-order valence-electron chi connectivity index (χ3n) is 6.52. The summed E-state index contributed by atoms with van der Waals surface area (Å²) in [5.74, 6) is 2.70. The van der Waals surface area contributed by atoms with Gasteiger partial charge in [0.25, 0.3) is 5.91 Å². The molecule has 0 aromatic heterocycles. The van der Waals surface area contributed by atoms with Crippen molar-refractivity contribution in [3.63, 3.8) is 0 Å². The highest BCUT2D eigenvalue weighted by Gasteiger charge is 2.44. The predicted molar refractivity (Wildman–Crippen MR) is 114 cm³/mol. The number of hydrogen-bond donors (Lipinski definition) is 0. The van der Waals surface area contributed by atoms with Crippen LogP contribution in [0.15, 0.2) is 33.7 Å². The van der Waals surface area contributed by atoms with Crippen molar-refractivity contribution in [3.05, 3.63) is 28.7 Å². The number of nitrogens with zero attached hydrogens (tertiary/aromatic N) is 2. The zero-order valence-corrected chi connectivity index (χ0v) is 18.0. The highest BCUT2D eigenvalue weighted by molar-refractivity contribution is 9.10. The topological polar surface area (TPSA) is 32.7 Å². The number of rotatable bonds is 6. The van der Waals surface area contributed by atoms with Gasteiger partial charge in [-0.2, -0.15) is 0 Å². The maximum Gasteiger partial charge on any atom is 0.262 e. The summed E-state index contributed by atoms with van der Waals surface area (Å²) in [5.41, 5.74) is 1.17. The van der Waals surface area contributed by atoms with Crippen LogP contribution in [0.1, 0.15) is 45.4 Å². The first kappa shape index (κ1) is 18.5. The van der Waals surface area contributed by atoms with Gasteiger partial charge in [0, 0.05) is 23.8 Å². The van der Waals surface area contributed by atoms with Gasteiger partial charge in [0.05, 0.1) is 5.04 Å². The Bertz CT molecular complexity index is 736.